The van der Waals surface area contributed by atoms with Gasteiger partial charge in [0.2, 0.25) is 11.7 Å². The fourth-order valence-corrected chi connectivity index (χ4v) is 6.24. The standard InChI is InChI=1S/C25H24N4O9/c1-29(2)18-11-8-9-7-10-12(28-24(36)14-5-6-27-38-14)3-4-13(30)16(10)19(31)15(9)21(33)25(11,37)22(34)17(20(18)32)23(26)35/h3-6,9,11,15,17-18,30,37H,7-8H2,1-2H3,(H2,26,35)(H,28,36)/t9-,11-,15?,17?,18-,25-/m1/s1. The number of amides is 2. The summed E-state index contributed by atoms with van der Waals surface area (Å²) in [6.07, 6.45) is 1.18. The smallest absolute Gasteiger partial charge is 0.294 e. The Bertz CT molecular complexity index is 1420. The minimum Gasteiger partial charge on any atom is -0.507 e. The maximum absolute atomic E-state index is 13.8. The number of likely N-dealkylation sites (N-methyl/N-ethyl adjacent to an activating group) is 1. The molecular weight excluding hydrogens is 500 g/mol. The lowest BCUT2D eigenvalue weighted by Gasteiger charge is -2.52. The third-order valence-electron chi connectivity index (χ3n) is 7.85. The highest BCUT2D eigenvalue weighted by molar-refractivity contribution is 6.32. The molecule has 5 N–H and O–H groups in total. The van der Waals surface area contributed by atoms with E-state index < -0.39 is 76.0 Å². The van der Waals surface area contributed by atoms with Crippen molar-refractivity contribution in [3.05, 3.63) is 41.3 Å². The molecule has 0 radical (unpaired) electrons. The molecule has 0 bridgehead atoms. The number of hydrogen-bond donors (Lipinski definition) is 4. The van der Waals surface area contributed by atoms with Gasteiger partial charge < -0.3 is 25.8 Å². The van der Waals surface area contributed by atoms with Gasteiger partial charge in [0.1, 0.15) is 5.75 Å². The number of rotatable bonds is 4. The Kier molecular flexibility index (Phi) is 5.80. The lowest BCUT2D eigenvalue weighted by atomic mass is 9.52. The first kappa shape index (κ1) is 25.4. The van der Waals surface area contributed by atoms with Crippen LogP contribution in [-0.4, -0.2) is 81.0 Å². The monoisotopic (exact) mass is 524 g/mol. The highest BCUT2D eigenvalue weighted by atomic mass is 16.5. The van der Waals surface area contributed by atoms with Crippen LogP contribution in [0.2, 0.25) is 0 Å². The average molecular weight is 524 g/mol. The van der Waals surface area contributed by atoms with E-state index in [-0.39, 0.29) is 35.4 Å². The van der Waals surface area contributed by atoms with Crippen LogP contribution in [0.3, 0.4) is 0 Å². The summed E-state index contributed by atoms with van der Waals surface area (Å²) in [5, 5.41) is 28.2. The van der Waals surface area contributed by atoms with Gasteiger partial charge in [-0.05, 0) is 50.6 Å². The van der Waals surface area contributed by atoms with Gasteiger partial charge in [-0.2, -0.15) is 0 Å². The van der Waals surface area contributed by atoms with Crippen molar-refractivity contribution in [1.29, 1.82) is 0 Å². The molecule has 3 aliphatic rings. The fourth-order valence-electron chi connectivity index (χ4n) is 6.24. The van der Waals surface area contributed by atoms with Crippen LogP contribution in [0.4, 0.5) is 5.69 Å². The van der Waals surface area contributed by atoms with Crippen molar-refractivity contribution >= 4 is 40.6 Å². The Labute approximate surface area is 214 Å². The third kappa shape index (κ3) is 3.42. The summed E-state index contributed by atoms with van der Waals surface area (Å²) in [7, 11) is 3.01. The summed E-state index contributed by atoms with van der Waals surface area (Å²) >= 11 is 0. The summed E-state index contributed by atoms with van der Waals surface area (Å²) in [4.78, 5) is 79.8. The van der Waals surface area contributed by atoms with E-state index in [1.165, 1.54) is 43.4 Å². The van der Waals surface area contributed by atoms with Crippen molar-refractivity contribution in [2.75, 3.05) is 19.4 Å². The zero-order valence-corrected chi connectivity index (χ0v) is 20.3. The lowest BCUT2D eigenvalue weighted by molar-refractivity contribution is -0.181. The van der Waals surface area contributed by atoms with Gasteiger partial charge in [0.25, 0.3) is 5.91 Å². The molecule has 13 heteroatoms. The molecule has 5 rings (SSSR count). The minimum absolute atomic E-state index is 0.00621. The SMILES string of the molecule is CN(C)[C@H]1C(=O)C(C(N)=O)C(=O)[C@]2(O)C(=O)C3C(=O)c4c(O)ccc(NC(=O)c5ccno5)c4C[C@@H]3C[C@H]12. The number of nitrogens with one attached hydrogen (secondary N) is 1. The molecule has 1 heterocycles. The normalized spacial score (nSPS) is 30.5. The summed E-state index contributed by atoms with van der Waals surface area (Å²) in [6.45, 7) is 0. The van der Waals surface area contributed by atoms with Gasteiger partial charge in [-0.3, -0.25) is 33.7 Å². The summed E-state index contributed by atoms with van der Waals surface area (Å²) in [6, 6.07) is 2.70. The van der Waals surface area contributed by atoms with Crippen LogP contribution >= 0.6 is 0 Å². The Morgan fingerprint density at radius 1 is 1.16 bits per heavy atom. The number of fused-ring (bicyclic) bond motifs is 3. The molecule has 2 amide bonds. The Hall–Kier alpha value is -4.23. The van der Waals surface area contributed by atoms with Crippen LogP contribution < -0.4 is 11.1 Å². The zero-order chi connectivity index (χ0) is 27.7. The van der Waals surface area contributed by atoms with Gasteiger partial charge in [0, 0.05) is 17.7 Å². The van der Waals surface area contributed by atoms with Crippen molar-refractivity contribution in [2.45, 2.75) is 24.5 Å². The Morgan fingerprint density at radius 3 is 2.47 bits per heavy atom. The van der Waals surface area contributed by atoms with E-state index in [2.05, 4.69) is 10.5 Å². The van der Waals surface area contributed by atoms with Gasteiger partial charge in [-0.25, -0.2) is 0 Å². The quantitative estimate of drug-likeness (QED) is 0.284. The number of anilines is 1. The summed E-state index contributed by atoms with van der Waals surface area (Å²) in [5.41, 5.74) is 2.72. The molecule has 38 heavy (non-hydrogen) atoms. The second kappa shape index (κ2) is 8.67. The molecule has 3 aliphatic carbocycles. The van der Waals surface area contributed by atoms with Gasteiger partial charge in [-0.1, -0.05) is 5.16 Å². The number of phenols is 1. The Balaban J connectivity index is 1.59. The van der Waals surface area contributed by atoms with Crippen LogP contribution in [0.25, 0.3) is 0 Å². The molecule has 0 saturated heterocycles. The van der Waals surface area contributed by atoms with Crippen molar-refractivity contribution in [3.8, 4) is 5.75 Å². The molecule has 1 aromatic heterocycles. The first-order valence-corrected chi connectivity index (χ1v) is 11.8. The maximum atomic E-state index is 13.8. The number of nitrogens with zero attached hydrogens (tertiary/aromatic N) is 2. The second-order valence-electron chi connectivity index (χ2n) is 10.1. The number of Topliss-reactive ketones (excluding diaryl/α,β-unsaturated/α-hetero) is 4. The molecule has 2 fully saturated rings. The lowest BCUT2D eigenvalue weighted by Crippen LogP contribution is -2.74. The van der Waals surface area contributed by atoms with Crippen LogP contribution in [0, 0.1) is 23.7 Å². The fraction of sp³-hybridized carbons (Fsp3) is 0.400. The van der Waals surface area contributed by atoms with E-state index in [1.54, 1.807) is 0 Å². The van der Waals surface area contributed by atoms with Crippen molar-refractivity contribution in [1.82, 2.24) is 10.1 Å². The van der Waals surface area contributed by atoms with Crippen LogP contribution in [0.1, 0.15) is 32.9 Å². The average Bonchev–Trinajstić information content (AvgIpc) is 3.38. The van der Waals surface area contributed by atoms with Crippen LogP contribution in [-0.2, 0) is 25.6 Å². The molecule has 2 unspecified atom stereocenters. The van der Waals surface area contributed by atoms with E-state index in [0.717, 1.165) is 0 Å². The molecule has 6 atom stereocenters. The summed E-state index contributed by atoms with van der Waals surface area (Å²) < 4.78 is 4.85. The van der Waals surface area contributed by atoms with E-state index in [0.29, 0.717) is 0 Å². The van der Waals surface area contributed by atoms with Gasteiger partial charge in [0.15, 0.2) is 34.7 Å². The van der Waals surface area contributed by atoms with Gasteiger partial charge in [0.05, 0.1) is 23.7 Å². The van der Waals surface area contributed by atoms with Crippen molar-refractivity contribution < 1.29 is 43.5 Å². The predicted molar refractivity (Wildman–Crippen MR) is 126 cm³/mol. The van der Waals surface area contributed by atoms with E-state index in [1.807, 2.05) is 0 Å². The number of aromatic hydroxyl groups is 1. The number of benzene rings is 1. The van der Waals surface area contributed by atoms with Crippen LogP contribution in [0.15, 0.2) is 28.9 Å². The van der Waals surface area contributed by atoms with Crippen LogP contribution in [0.5, 0.6) is 5.75 Å². The highest BCUT2D eigenvalue weighted by Gasteiger charge is 2.69. The number of carbonyl (C=O) groups excluding carboxylic acids is 6. The molecule has 2 saturated carbocycles. The highest BCUT2D eigenvalue weighted by Crippen LogP contribution is 2.51. The molecule has 1 aromatic carbocycles. The Morgan fingerprint density at radius 2 is 1.87 bits per heavy atom. The number of nitrogens with two attached hydrogens (primary N) is 1. The first-order valence-electron chi connectivity index (χ1n) is 11.8. The molecule has 13 nitrogen and oxygen atoms in total. The molecule has 2 aromatic rings. The molecule has 0 aliphatic heterocycles. The van der Waals surface area contributed by atoms with Gasteiger partial charge in [-0.15, -0.1) is 0 Å². The van der Waals surface area contributed by atoms with E-state index in [9.17, 15) is 39.0 Å². The number of primary amides is 1. The summed E-state index contributed by atoms with van der Waals surface area (Å²) in [5.74, 6) is -12.2. The molecule has 198 valence electrons. The van der Waals surface area contributed by atoms with E-state index in [4.69, 9.17) is 10.3 Å². The first-order chi connectivity index (χ1) is 17.9. The topological polar surface area (TPSA) is 210 Å². The third-order valence-corrected chi connectivity index (χ3v) is 7.85. The van der Waals surface area contributed by atoms with E-state index >= 15 is 0 Å². The minimum atomic E-state index is -2.80. The number of aliphatic hydroxyl groups is 1. The predicted octanol–water partition coefficient (Wildman–Crippen LogP) is -0.893. The number of phenolic OH excluding ortho intramolecular Hbond substituents is 1. The van der Waals surface area contributed by atoms with Crippen molar-refractivity contribution in [2.24, 2.45) is 29.4 Å². The second-order valence-corrected chi connectivity index (χ2v) is 10.1. The number of ketones is 4. The maximum Gasteiger partial charge on any atom is 0.294 e. The number of aromatic nitrogens is 1. The van der Waals surface area contributed by atoms with Crippen molar-refractivity contribution in [3.63, 3.8) is 0 Å². The number of carbonyl (C=O) groups is 6. The van der Waals surface area contributed by atoms with Gasteiger partial charge >= 0.3 is 0 Å². The number of hydrogen-bond acceptors (Lipinski definition) is 11. The molecular formula is C25H24N4O9. The largest absolute Gasteiger partial charge is 0.507 e. The zero-order valence-electron chi connectivity index (χ0n) is 20.3. The molecule has 0 spiro atoms.